The van der Waals surface area contributed by atoms with Crippen LogP contribution >= 0.6 is 27.5 Å². The number of halogens is 2. The zero-order valence-corrected chi connectivity index (χ0v) is 20.4. The van der Waals surface area contributed by atoms with Gasteiger partial charge in [-0.15, -0.1) is 0 Å². The topological polar surface area (TPSA) is 30.5 Å². The predicted octanol–water partition coefficient (Wildman–Crippen LogP) is 7.71. The Labute approximate surface area is 198 Å². The number of hydrogen-bond donors (Lipinski definition) is 1. The van der Waals surface area contributed by atoms with Gasteiger partial charge in [0, 0.05) is 17.6 Å². The maximum Gasteiger partial charge on any atom is 0.175 e. The maximum absolute atomic E-state index is 6.10. The average Bonchev–Trinajstić information content (AvgIpc) is 2.77. The van der Waals surface area contributed by atoms with Crippen LogP contribution in [0.15, 0.2) is 71.2 Å². The number of hydrogen-bond acceptors (Lipinski definition) is 3. The van der Waals surface area contributed by atoms with E-state index in [2.05, 4.69) is 70.6 Å². The van der Waals surface area contributed by atoms with Crippen LogP contribution in [0.1, 0.15) is 49.4 Å². The molecule has 1 unspecified atom stereocenters. The monoisotopic (exact) mass is 501 g/mol. The summed E-state index contributed by atoms with van der Waals surface area (Å²) in [6.07, 6.45) is 2.21. The summed E-state index contributed by atoms with van der Waals surface area (Å²) in [5.41, 5.74) is 3.47. The SMILES string of the molecule is CCCC(NCc1cc(Br)c(OCc2cccc(Cl)c2)c(OCC)c1)c1ccccc1. The number of rotatable bonds is 11. The molecule has 1 N–H and O–H groups in total. The van der Waals surface area contributed by atoms with Crippen LogP contribution in [-0.2, 0) is 13.2 Å². The molecular weight excluding hydrogens is 474 g/mol. The fraction of sp³-hybridized carbons (Fsp3) is 0.308. The van der Waals surface area contributed by atoms with E-state index in [1.807, 2.05) is 31.2 Å². The van der Waals surface area contributed by atoms with E-state index >= 15 is 0 Å². The molecule has 164 valence electrons. The Kier molecular flexibility index (Phi) is 9.26. The third kappa shape index (κ3) is 6.99. The van der Waals surface area contributed by atoms with Gasteiger partial charge < -0.3 is 14.8 Å². The van der Waals surface area contributed by atoms with Gasteiger partial charge in [-0.2, -0.15) is 0 Å². The van der Waals surface area contributed by atoms with Gasteiger partial charge in [0.05, 0.1) is 11.1 Å². The molecule has 0 spiro atoms. The fourth-order valence-electron chi connectivity index (χ4n) is 3.51. The molecule has 0 bridgehead atoms. The highest BCUT2D eigenvalue weighted by molar-refractivity contribution is 9.10. The molecule has 0 amide bonds. The molecule has 3 rings (SSSR count). The second kappa shape index (κ2) is 12.1. The predicted molar refractivity (Wildman–Crippen MR) is 132 cm³/mol. The molecule has 0 saturated heterocycles. The van der Waals surface area contributed by atoms with Crippen molar-refractivity contribution in [2.24, 2.45) is 0 Å². The second-order valence-electron chi connectivity index (χ2n) is 7.39. The number of benzene rings is 3. The molecule has 0 aliphatic heterocycles. The molecule has 5 heteroatoms. The van der Waals surface area contributed by atoms with Crippen LogP contribution in [0.4, 0.5) is 0 Å². The van der Waals surface area contributed by atoms with Crippen LogP contribution in [0.3, 0.4) is 0 Å². The molecule has 0 fully saturated rings. The van der Waals surface area contributed by atoms with Crippen molar-refractivity contribution in [3.05, 3.63) is 92.9 Å². The van der Waals surface area contributed by atoms with Crippen molar-refractivity contribution < 1.29 is 9.47 Å². The molecular formula is C26H29BrClNO2. The van der Waals surface area contributed by atoms with Gasteiger partial charge in [0.2, 0.25) is 0 Å². The Morgan fingerprint density at radius 1 is 0.935 bits per heavy atom. The second-order valence-corrected chi connectivity index (χ2v) is 8.68. The summed E-state index contributed by atoms with van der Waals surface area (Å²) < 4.78 is 12.9. The third-order valence-corrected chi connectivity index (χ3v) is 5.80. The molecule has 3 aromatic rings. The van der Waals surface area contributed by atoms with E-state index in [1.165, 1.54) is 5.56 Å². The first-order valence-corrected chi connectivity index (χ1v) is 11.9. The Balaban J connectivity index is 1.74. The van der Waals surface area contributed by atoms with Crippen molar-refractivity contribution in [1.29, 1.82) is 0 Å². The Morgan fingerprint density at radius 3 is 2.45 bits per heavy atom. The molecule has 0 aliphatic carbocycles. The lowest BCUT2D eigenvalue weighted by molar-refractivity contribution is 0.267. The fourth-order valence-corrected chi connectivity index (χ4v) is 4.33. The highest BCUT2D eigenvalue weighted by atomic mass is 79.9. The Morgan fingerprint density at radius 2 is 1.74 bits per heavy atom. The van der Waals surface area contributed by atoms with Gasteiger partial charge in [-0.3, -0.25) is 0 Å². The molecule has 0 aromatic heterocycles. The van der Waals surface area contributed by atoms with E-state index < -0.39 is 0 Å². The van der Waals surface area contributed by atoms with Gasteiger partial charge >= 0.3 is 0 Å². The van der Waals surface area contributed by atoms with E-state index in [0.29, 0.717) is 30.0 Å². The normalized spacial score (nSPS) is 11.9. The molecule has 0 radical (unpaired) electrons. The summed E-state index contributed by atoms with van der Waals surface area (Å²) in [4.78, 5) is 0. The molecule has 0 saturated carbocycles. The van der Waals surface area contributed by atoms with Crippen LogP contribution < -0.4 is 14.8 Å². The van der Waals surface area contributed by atoms with Crippen molar-refractivity contribution in [3.8, 4) is 11.5 Å². The van der Waals surface area contributed by atoms with Crippen molar-refractivity contribution in [3.63, 3.8) is 0 Å². The molecule has 3 aromatic carbocycles. The van der Waals surface area contributed by atoms with E-state index in [9.17, 15) is 0 Å². The highest BCUT2D eigenvalue weighted by Crippen LogP contribution is 2.38. The first-order chi connectivity index (χ1) is 15.1. The summed E-state index contributed by atoms with van der Waals surface area (Å²) in [7, 11) is 0. The summed E-state index contributed by atoms with van der Waals surface area (Å²) in [6.45, 7) is 5.93. The lowest BCUT2D eigenvalue weighted by Gasteiger charge is -2.20. The quantitative estimate of drug-likeness (QED) is 0.291. The molecule has 1 atom stereocenters. The van der Waals surface area contributed by atoms with Crippen molar-refractivity contribution >= 4 is 27.5 Å². The van der Waals surface area contributed by atoms with E-state index in [1.54, 1.807) is 0 Å². The van der Waals surface area contributed by atoms with Crippen molar-refractivity contribution in [2.75, 3.05) is 6.61 Å². The summed E-state index contributed by atoms with van der Waals surface area (Å²) in [6, 6.07) is 22.8. The van der Waals surface area contributed by atoms with Gasteiger partial charge in [-0.25, -0.2) is 0 Å². The number of nitrogens with one attached hydrogen (secondary N) is 1. The summed E-state index contributed by atoms with van der Waals surface area (Å²) >= 11 is 9.77. The molecule has 3 nitrogen and oxygen atoms in total. The maximum atomic E-state index is 6.10. The standard InChI is InChI=1S/C26H29BrClNO2/c1-3-9-24(21-11-6-5-7-12-21)29-17-20-15-23(27)26(25(16-20)30-4-2)31-18-19-10-8-13-22(28)14-19/h5-8,10-16,24,29H,3-4,9,17-18H2,1-2H3. The van der Waals surface area contributed by atoms with Gasteiger partial charge in [-0.05, 0) is 70.2 Å². The Hall–Kier alpha value is -2.01. The van der Waals surface area contributed by atoms with E-state index in [-0.39, 0.29) is 0 Å². The van der Waals surface area contributed by atoms with Gasteiger partial charge in [-0.1, -0.05) is 67.4 Å². The van der Waals surface area contributed by atoms with Crippen molar-refractivity contribution in [1.82, 2.24) is 5.32 Å². The highest BCUT2D eigenvalue weighted by Gasteiger charge is 2.15. The lowest BCUT2D eigenvalue weighted by Crippen LogP contribution is -2.21. The Bertz CT molecular complexity index is 965. The van der Waals surface area contributed by atoms with Crippen LogP contribution in [-0.4, -0.2) is 6.61 Å². The molecule has 0 aliphatic rings. The average molecular weight is 503 g/mol. The largest absolute Gasteiger partial charge is 0.490 e. The summed E-state index contributed by atoms with van der Waals surface area (Å²) in [5.74, 6) is 1.45. The van der Waals surface area contributed by atoms with Gasteiger partial charge in [0.25, 0.3) is 0 Å². The minimum atomic E-state index is 0.319. The van der Waals surface area contributed by atoms with Crippen LogP contribution in [0.25, 0.3) is 0 Å². The van der Waals surface area contributed by atoms with Crippen molar-refractivity contribution in [2.45, 2.75) is 45.9 Å². The number of ether oxygens (including phenoxy) is 2. The van der Waals surface area contributed by atoms with E-state index in [4.69, 9.17) is 21.1 Å². The summed E-state index contributed by atoms with van der Waals surface area (Å²) in [5, 5.41) is 4.40. The lowest BCUT2D eigenvalue weighted by atomic mass is 10.0. The first kappa shape index (κ1) is 23.6. The molecule has 0 heterocycles. The van der Waals surface area contributed by atoms with Gasteiger partial charge in [0.15, 0.2) is 11.5 Å². The zero-order valence-electron chi connectivity index (χ0n) is 18.0. The first-order valence-electron chi connectivity index (χ1n) is 10.7. The molecule has 31 heavy (non-hydrogen) atoms. The van der Waals surface area contributed by atoms with E-state index in [0.717, 1.165) is 40.7 Å². The third-order valence-electron chi connectivity index (χ3n) is 4.97. The van der Waals surface area contributed by atoms with Crippen LogP contribution in [0.2, 0.25) is 5.02 Å². The van der Waals surface area contributed by atoms with Gasteiger partial charge in [0.1, 0.15) is 6.61 Å². The van der Waals surface area contributed by atoms with Crippen LogP contribution in [0, 0.1) is 0 Å². The smallest absolute Gasteiger partial charge is 0.175 e. The zero-order chi connectivity index (χ0) is 22.1. The van der Waals surface area contributed by atoms with Crippen LogP contribution in [0.5, 0.6) is 11.5 Å². The minimum absolute atomic E-state index is 0.319. The minimum Gasteiger partial charge on any atom is -0.490 e.